The summed E-state index contributed by atoms with van der Waals surface area (Å²) in [5.41, 5.74) is 14.6. The van der Waals surface area contributed by atoms with Crippen LogP contribution < -0.4 is 22.1 Å². The van der Waals surface area contributed by atoms with Crippen LogP contribution in [0.25, 0.3) is 11.0 Å². The number of aromatic nitrogens is 2. The van der Waals surface area contributed by atoms with E-state index in [0.29, 0.717) is 24.7 Å². The normalized spacial score (nSPS) is 15.6. The molecule has 172 valence electrons. The molecule has 9 nitrogen and oxygen atoms in total. The smallest absolute Gasteiger partial charge is 0.410 e. The molecule has 3 heterocycles. The van der Waals surface area contributed by atoms with Crippen LogP contribution in [-0.2, 0) is 4.74 Å². The Hall–Kier alpha value is -3.49. The molecule has 0 bridgehead atoms. The number of allylic oxidation sites excluding steroid dienone is 2. The molecule has 0 saturated carbocycles. The molecule has 2 aromatic heterocycles. The van der Waals surface area contributed by atoms with E-state index >= 15 is 0 Å². The molecule has 3 rings (SSSR count). The first-order chi connectivity index (χ1) is 15.0. The fraction of sp³-hybridized carbons (Fsp3) is 0.435. The third kappa shape index (κ3) is 6.03. The van der Waals surface area contributed by atoms with Gasteiger partial charge in [-0.1, -0.05) is 13.8 Å². The lowest BCUT2D eigenvalue weighted by Gasteiger charge is -2.40. The maximum absolute atomic E-state index is 12.1. The van der Waals surface area contributed by atoms with Crippen molar-refractivity contribution in [3.63, 3.8) is 0 Å². The van der Waals surface area contributed by atoms with Gasteiger partial charge in [0.2, 0.25) is 0 Å². The SMILES string of the molecule is CC(C)C(=C/N)/C=C(\N)Nc1ccc2ncc(NC3CN(C(=O)OC(C)(C)C)C3)cc2n1. The molecular weight excluding hydrogens is 406 g/mol. The average molecular weight is 440 g/mol. The van der Waals surface area contributed by atoms with E-state index in [-0.39, 0.29) is 18.1 Å². The molecule has 1 fully saturated rings. The number of nitrogens with one attached hydrogen (secondary N) is 2. The molecule has 0 unspecified atom stereocenters. The highest BCUT2D eigenvalue weighted by atomic mass is 16.6. The topological polar surface area (TPSA) is 131 Å². The first-order valence-electron chi connectivity index (χ1n) is 10.7. The van der Waals surface area contributed by atoms with E-state index in [1.165, 1.54) is 0 Å². The highest BCUT2D eigenvalue weighted by Crippen LogP contribution is 2.22. The zero-order valence-electron chi connectivity index (χ0n) is 19.3. The molecule has 0 radical (unpaired) electrons. The second-order valence-corrected chi connectivity index (χ2v) is 9.23. The van der Waals surface area contributed by atoms with Crippen LogP contribution in [0.2, 0.25) is 0 Å². The van der Waals surface area contributed by atoms with Gasteiger partial charge in [0.15, 0.2) is 0 Å². The molecule has 9 heteroatoms. The number of ether oxygens (including phenoxy) is 1. The molecule has 1 aliphatic heterocycles. The number of carbonyl (C=O) groups is 1. The Morgan fingerprint density at radius 2 is 2.00 bits per heavy atom. The predicted octanol–water partition coefficient (Wildman–Crippen LogP) is 3.37. The zero-order valence-corrected chi connectivity index (χ0v) is 19.3. The Morgan fingerprint density at radius 1 is 1.28 bits per heavy atom. The largest absolute Gasteiger partial charge is 0.444 e. The van der Waals surface area contributed by atoms with Crippen LogP contribution >= 0.6 is 0 Å². The van der Waals surface area contributed by atoms with Crippen LogP contribution in [0.1, 0.15) is 34.6 Å². The maximum atomic E-state index is 12.1. The Labute approximate surface area is 188 Å². The molecular formula is C23H33N7O2. The van der Waals surface area contributed by atoms with Gasteiger partial charge in [-0.3, -0.25) is 4.98 Å². The van der Waals surface area contributed by atoms with E-state index in [0.717, 1.165) is 22.3 Å². The van der Waals surface area contributed by atoms with Gasteiger partial charge in [0.1, 0.15) is 17.2 Å². The summed E-state index contributed by atoms with van der Waals surface area (Å²) in [7, 11) is 0. The van der Waals surface area contributed by atoms with E-state index < -0.39 is 5.60 Å². The molecule has 0 aliphatic carbocycles. The third-order valence-electron chi connectivity index (χ3n) is 4.90. The quantitative estimate of drug-likeness (QED) is 0.504. The number of anilines is 2. The number of hydrogen-bond acceptors (Lipinski definition) is 8. The fourth-order valence-corrected chi connectivity index (χ4v) is 3.21. The second-order valence-electron chi connectivity index (χ2n) is 9.23. The van der Waals surface area contributed by atoms with Crippen LogP contribution in [0.15, 0.2) is 48.1 Å². The van der Waals surface area contributed by atoms with Crippen molar-refractivity contribution in [2.75, 3.05) is 23.7 Å². The van der Waals surface area contributed by atoms with Gasteiger partial charge in [0, 0.05) is 13.1 Å². The van der Waals surface area contributed by atoms with E-state index in [4.69, 9.17) is 16.2 Å². The highest BCUT2D eigenvalue weighted by Gasteiger charge is 2.33. The van der Waals surface area contributed by atoms with Gasteiger partial charge in [0.05, 0.1) is 29.0 Å². The van der Waals surface area contributed by atoms with Gasteiger partial charge < -0.3 is 31.7 Å². The van der Waals surface area contributed by atoms with Gasteiger partial charge >= 0.3 is 6.09 Å². The number of pyridine rings is 2. The van der Waals surface area contributed by atoms with Crippen LogP contribution in [-0.4, -0.2) is 45.7 Å². The number of nitrogens with zero attached hydrogens (tertiary/aromatic N) is 3. The van der Waals surface area contributed by atoms with Crippen molar-refractivity contribution < 1.29 is 9.53 Å². The first kappa shape index (κ1) is 23.2. The van der Waals surface area contributed by atoms with Crippen molar-refractivity contribution in [3.05, 3.63) is 48.1 Å². The Kier molecular flexibility index (Phi) is 6.76. The number of rotatable bonds is 6. The van der Waals surface area contributed by atoms with Crippen molar-refractivity contribution in [2.45, 2.75) is 46.3 Å². The molecule has 0 atom stereocenters. The summed E-state index contributed by atoms with van der Waals surface area (Å²) in [5, 5.41) is 6.49. The number of nitrogens with two attached hydrogens (primary N) is 2. The van der Waals surface area contributed by atoms with Crippen molar-refractivity contribution in [1.82, 2.24) is 14.9 Å². The minimum absolute atomic E-state index is 0.138. The molecule has 0 aromatic carbocycles. The average Bonchev–Trinajstić information content (AvgIpc) is 2.66. The molecule has 0 spiro atoms. The minimum Gasteiger partial charge on any atom is -0.444 e. The molecule has 1 amide bonds. The molecule has 2 aromatic rings. The monoisotopic (exact) mass is 439 g/mol. The van der Waals surface area contributed by atoms with Gasteiger partial charge in [-0.25, -0.2) is 9.78 Å². The lowest BCUT2D eigenvalue weighted by Crippen LogP contribution is -2.57. The Balaban J connectivity index is 1.64. The van der Waals surface area contributed by atoms with Crippen molar-refractivity contribution in [3.8, 4) is 0 Å². The second kappa shape index (κ2) is 9.33. The summed E-state index contributed by atoms with van der Waals surface area (Å²) in [6.45, 7) is 10.8. The number of likely N-dealkylation sites (tertiary alicyclic amines) is 1. The summed E-state index contributed by atoms with van der Waals surface area (Å²) in [5.74, 6) is 1.34. The van der Waals surface area contributed by atoms with Gasteiger partial charge in [0.25, 0.3) is 0 Å². The number of fused-ring (bicyclic) bond motifs is 1. The summed E-state index contributed by atoms with van der Waals surface area (Å²) in [6.07, 6.45) is 4.84. The van der Waals surface area contributed by atoms with Crippen molar-refractivity contribution >= 4 is 28.6 Å². The van der Waals surface area contributed by atoms with Crippen LogP contribution in [0.4, 0.5) is 16.3 Å². The predicted molar refractivity (Wildman–Crippen MR) is 128 cm³/mol. The standard InChI is InChI=1S/C23H33N7O2/c1-14(2)15(10-24)8-20(25)29-21-7-6-18-19(28-21)9-16(11-26-18)27-17-12-30(13-17)22(31)32-23(3,4)5/h6-11,14,17,27H,12-13,24-25H2,1-5H3,(H,28,29)/b15-10+,20-8+. The summed E-state index contributed by atoms with van der Waals surface area (Å²) in [4.78, 5) is 22.8. The molecule has 32 heavy (non-hydrogen) atoms. The molecule has 6 N–H and O–H groups in total. The lowest BCUT2D eigenvalue weighted by molar-refractivity contribution is 0.0105. The van der Waals surface area contributed by atoms with Crippen molar-refractivity contribution in [1.29, 1.82) is 0 Å². The highest BCUT2D eigenvalue weighted by molar-refractivity contribution is 5.79. The van der Waals surface area contributed by atoms with E-state index in [2.05, 4.69) is 20.6 Å². The van der Waals surface area contributed by atoms with E-state index in [1.807, 2.05) is 52.8 Å². The minimum atomic E-state index is -0.495. The van der Waals surface area contributed by atoms with Crippen LogP contribution in [0.3, 0.4) is 0 Å². The Bertz CT molecular complexity index is 1030. The first-order valence-corrected chi connectivity index (χ1v) is 10.7. The summed E-state index contributed by atoms with van der Waals surface area (Å²) in [6, 6.07) is 5.79. The van der Waals surface area contributed by atoms with Crippen LogP contribution in [0.5, 0.6) is 0 Å². The van der Waals surface area contributed by atoms with Crippen molar-refractivity contribution in [2.24, 2.45) is 17.4 Å². The lowest BCUT2D eigenvalue weighted by atomic mass is 10.0. The third-order valence-corrected chi connectivity index (χ3v) is 4.90. The van der Waals surface area contributed by atoms with Crippen LogP contribution in [0, 0.1) is 5.92 Å². The number of amides is 1. The van der Waals surface area contributed by atoms with E-state index in [9.17, 15) is 4.79 Å². The molecule has 1 aliphatic rings. The van der Waals surface area contributed by atoms with Gasteiger partial charge in [-0.2, -0.15) is 0 Å². The van der Waals surface area contributed by atoms with Gasteiger partial charge in [-0.15, -0.1) is 0 Å². The van der Waals surface area contributed by atoms with Gasteiger partial charge in [-0.05, 0) is 62.7 Å². The fourth-order valence-electron chi connectivity index (χ4n) is 3.21. The summed E-state index contributed by atoms with van der Waals surface area (Å²) < 4.78 is 5.39. The number of hydrogen-bond donors (Lipinski definition) is 4. The van der Waals surface area contributed by atoms with E-state index in [1.54, 1.807) is 23.4 Å². The molecule has 1 saturated heterocycles. The Morgan fingerprint density at radius 3 is 2.62 bits per heavy atom. The number of carbonyl (C=O) groups excluding carboxylic acids is 1. The maximum Gasteiger partial charge on any atom is 0.410 e. The summed E-state index contributed by atoms with van der Waals surface area (Å²) >= 11 is 0. The zero-order chi connectivity index (χ0) is 23.5.